The minimum Gasteiger partial charge on any atom is -0.309 e. The van der Waals surface area contributed by atoms with Crippen LogP contribution in [0.25, 0.3) is 105 Å². The van der Waals surface area contributed by atoms with Gasteiger partial charge < -0.3 is 13.7 Å². The SMILES string of the molecule is c1ccc(-c2c(-c3ccccc3)c3c(c4ccccc4n3-c3ccc4c(c3)c3ccccc3n4-c3ccccc3)c3c2c2ccccc2n3-c2ccccc2)cc1. The van der Waals surface area contributed by atoms with Crippen LogP contribution in [0.1, 0.15) is 0 Å². The number of hydrogen-bond donors (Lipinski definition) is 0. The van der Waals surface area contributed by atoms with Gasteiger partial charge in [-0.3, -0.25) is 0 Å². The van der Waals surface area contributed by atoms with Crippen LogP contribution in [0.15, 0.2) is 212 Å². The van der Waals surface area contributed by atoms with Crippen LogP contribution in [0.5, 0.6) is 0 Å². The molecule has 3 heteroatoms. The molecule has 0 fully saturated rings. The molecule has 0 saturated carbocycles. The average molecular weight is 726 g/mol. The van der Waals surface area contributed by atoms with Crippen molar-refractivity contribution < 1.29 is 0 Å². The maximum absolute atomic E-state index is 2.54. The van der Waals surface area contributed by atoms with Crippen LogP contribution in [0.2, 0.25) is 0 Å². The number of fused-ring (bicyclic) bond motifs is 10. The van der Waals surface area contributed by atoms with Crippen molar-refractivity contribution in [2.24, 2.45) is 0 Å². The first-order valence-corrected chi connectivity index (χ1v) is 19.6. The quantitative estimate of drug-likeness (QED) is 0.168. The van der Waals surface area contributed by atoms with Crippen LogP contribution in [0, 0.1) is 0 Å². The third kappa shape index (κ3) is 4.60. The zero-order valence-electron chi connectivity index (χ0n) is 31.0. The Morgan fingerprint density at radius 2 is 0.667 bits per heavy atom. The minimum atomic E-state index is 1.13. The molecule has 0 atom stereocenters. The molecule has 0 bridgehead atoms. The van der Waals surface area contributed by atoms with Crippen molar-refractivity contribution in [1.29, 1.82) is 0 Å². The van der Waals surface area contributed by atoms with Gasteiger partial charge in [-0.2, -0.15) is 0 Å². The van der Waals surface area contributed by atoms with E-state index in [0.717, 1.165) is 17.1 Å². The van der Waals surface area contributed by atoms with E-state index in [4.69, 9.17) is 0 Å². The summed E-state index contributed by atoms with van der Waals surface area (Å²) in [5.41, 5.74) is 15.4. The smallest absolute Gasteiger partial charge is 0.0648 e. The van der Waals surface area contributed by atoms with Gasteiger partial charge in [0.1, 0.15) is 0 Å². The predicted molar refractivity (Wildman–Crippen MR) is 240 cm³/mol. The summed E-state index contributed by atoms with van der Waals surface area (Å²) >= 11 is 0. The lowest BCUT2D eigenvalue weighted by Gasteiger charge is -2.19. The van der Waals surface area contributed by atoms with Gasteiger partial charge in [0, 0.05) is 60.5 Å². The molecule has 12 aromatic rings. The van der Waals surface area contributed by atoms with E-state index in [0.29, 0.717) is 0 Å². The van der Waals surface area contributed by atoms with Gasteiger partial charge >= 0.3 is 0 Å². The molecule has 3 heterocycles. The highest BCUT2D eigenvalue weighted by Crippen LogP contribution is 2.52. The van der Waals surface area contributed by atoms with E-state index < -0.39 is 0 Å². The van der Waals surface area contributed by atoms with Gasteiger partial charge in [0.2, 0.25) is 0 Å². The van der Waals surface area contributed by atoms with E-state index in [1.54, 1.807) is 0 Å². The highest BCUT2D eigenvalue weighted by atomic mass is 15.0. The largest absolute Gasteiger partial charge is 0.309 e. The summed E-state index contributed by atoms with van der Waals surface area (Å²) < 4.78 is 7.44. The fourth-order valence-electron chi connectivity index (χ4n) is 9.54. The van der Waals surface area contributed by atoms with Crippen molar-refractivity contribution in [2.45, 2.75) is 0 Å². The van der Waals surface area contributed by atoms with Gasteiger partial charge in [-0.25, -0.2) is 0 Å². The lowest BCUT2D eigenvalue weighted by atomic mass is 9.88. The van der Waals surface area contributed by atoms with Crippen LogP contribution >= 0.6 is 0 Å². The Kier molecular flexibility index (Phi) is 6.93. The van der Waals surface area contributed by atoms with Crippen molar-refractivity contribution >= 4 is 65.4 Å². The Bertz CT molecular complexity index is 3480. The molecule has 0 unspecified atom stereocenters. The molecule has 0 aliphatic heterocycles. The maximum atomic E-state index is 2.54. The fraction of sp³-hybridized carbons (Fsp3) is 0. The number of hydrogen-bond acceptors (Lipinski definition) is 0. The van der Waals surface area contributed by atoms with E-state index >= 15 is 0 Å². The number of para-hydroxylation sites is 5. The zero-order valence-corrected chi connectivity index (χ0v) is 31.0. The summed E-state index contributed by atoms with van der Waals surface area (Å²) in [7, 11) is 0. The van der Waals surface area contributed by atoms with E-state index in [2.05, 4.69) is 226 Å². The van der Waals surface area contributed by atoms with Crippen LogP contribution in [0.4, 0.5) is 0 Å². The third-order valence-electron chi connectivity index (χ3n) is 11.8. The molecular formula is C54H35N3. The van der Waals surface area contributed by atoms with Crippen LogP contribution in [-0.4, -0.2) is 13.7 Å². The Labute approximate surface area is 329 Å². The molecule has 0 radical (unpaired) electrons. The molecule has 3 nitrogen and oxygen atoms in total. The summed E-state index contributed by atoms with van der Waals surface area (Å²) in [5, 5.41) is 7.42. The van der Waals surface area contributed by atoms with Gasteiger partial charge in [0.25, 0.3) is 0 Å². The number of aromatic nitrogens is 3. The highest BCUT2D eigenvalue weighted by Gasteiger charge is 2.29. The number of nitrogens with zero attached hydrogens (tertiary/aromatic N) is 3. The van der Waals surface area contributed by atoms with Crippen molar-refractivity contribution in [2.75, 3.05) is 0 Å². The topological polar surface area (TPSA) is 14.8 Å². The lowest BCUT2D eigenvalue weighted by Crippen LogP contribution is -1.99. The zero-order chi connectivity index (χ0) is 37.5. The monoisotopic (exact) mass is 725 g/mol. The first-order valence-electron chi connectivity index (χ1n) is 19.6. The van der Waals surface area contributed by atoms with Crippen LogP contribution in [-0.2, 0) is 0 Å². The molecule has 266 valence electrons. The summed E-state index contributed by atoms with van der Waals surface area (Å²) in [6, 6.07) is 77.4. The Morgan fingerprint density at radius 1 is 0.246 bits per heavy atom. The normalized spacial score (nSPS) is 11.9. The first kappa shape index (κ1) is 31.7. The second kappa shape index (κ2) is 12.5. The van der Waals surface area contributed by atoms with Gasteiger partial charge in [-0.05, 0) is 71.8 Å². The van der Waals surface area contributed by atoms with Crippen molar-refractivity contribution in [3.05, 3.63) is 212 Å². The second-order valence-electron chi connectivity index (χ2n) is 14.9. The third-order valence-corrected chi connectivity index (χ3v) is 11.8. The van der Waals surface area contributed by atoms with E-state index in [1.807, 2.05) is 0 Å². The molecule has 57 heavy (non-hydrogen) atoms. The van der Waals surface area contributed by atoms with Gasteiger partial charge in [-0.1, -0.05) is 152 Å². The molecular weight excluding hydrogens is 691 g/mol. The molecule has 0 N–H and O–H groups in total. The Hall–Kier alpha value is -7.62. The summed E-state index contributed by atoms with van der Waals surface area (Å²) in [5.74, 6) is 0. The Morgan fingerprint density at radius 3 is 1.26 bits per heavy atom. The maximum Gasteiger partial charge on any atom is 0.0648 e. The molecule has 0 saturated heterocycles. The lowest BCUT2D eigenvalue weighted by molar-refractivity contribution is 1.16. The molecule has 3 aromatic heterocycles. The molecule has 0 aliphatic carbocycles. The number of rotatable bonds is 5. The standard InChI is InChI=1S/C54H35N3/c1-5-19-36(20-6-1)49-50(37-21-7-2-8-22-37)53-52(54-51(49)42-28-14-17-31-46(42)56(54)39-25-11-4-12-26-39)43-29-15-18-32-47(43)57(53)40-33-34-48-44(35-40)41-27-13-16-30-45(41)55(48)38-23-9-3-10-24-38/h1-35H. The van der Waals surface area contributed by atoms with Crippen molar-refractivity contribution in [1.82, 2.24) is 13.7 Å². The average Bonchev–Trinajstić information content (AvgIpc) is 3.93. The van der Waals surface area contributed by atoms with Crippen molar-refractivity contribution in [3.8, 4) is 39.3 Å². The summed E-state index contributed by atoms with van der Waals surface area (Å²) in [4.78, 5) is 0. The highest BCUT2D eigenvalue weighted by molar-refractivity contribution is 6.34. The van der Waals surface area contributed by atoms with Crippen LogP contribution in [0.3, 0.4) is 0 Å². The van der Waals surface area contributed by atoms with Crippen molar-refractivity contribution in [3.63, 3.8) is 0 Å². The minimum absolute atomic E-state index is 1.13. The molecule has 0 aliphatic rings. The van der Waals surface area contributed by atoms with E-state index in [1.165, 1.54) is 87.7 Å². The van der Waals surface area contributed by atoms with Gasteiger partial charge in [0.05, 0.1) is 33.1 Å². The molecule has 0 amide bonds. The second-order valence-corrected chi connectivity index (χ2v) is 14.9. The molecule has 0 spiro atoms. The Balaban J connectivity index is 1.33. The van der Waals surface area contributed by atoms with Crippen LogP contribution < -0.4 is 0 Å². The van der Waals surface area contributed by atoms with E-state index in [9.17, 15) is 0 Å². The van der Waals surface area contributed by atoms with E-state index in [-0.39, 0.29) is 0 Å². The fourth-order valence-corrected chi connectivity index (χ4v) is 9.54. The predicted octanol–water partition coefficient (Wildman–Crippen LogP) is 14.3. The summed E-state index contributed by atoms with van der Waals surface area (Å²) in [6.07, 6.45) is 0. The molecule has 9 aromatic carbocycles. The molecule has 12 rings (SSSR count). The number of benzene rings is 9. The first-order chi connectivity index (χ1) is 28.3. The summed E-state index contributed by atoms with van der Waals surface area (Å²) in [6.45, 7) is 0. The van der Waals surface area contributed by atoms with Gasteiger partial charge in [0.15, 0.2) is 0 Å². The van der Waals surface area contributed by atoms with Gasteiger partial charge in [-0.15, -0.1) is 0 Å².